The Morgan fingerprint density at radius 1 is 0.544 bits per heavy atom. The zero-order valence-electron chi connectivity index (χ0n) is 56.6. The van der Waals surface area contributed by atoms with E-state index in [0.29, 0.717) is 24.3 Å². The van der Waals surface area contributed by atoms with Crippen LogP contribution in [-0.2, 0) is 75.0 Å². The molecule has 12 N–H and O–H groups in total. The number of ketones is 7. The summed E-state index contributed by atoms with van der Waals surface area (Å²) in [6, 6.07) is 6.76. The summed E-state index contributed by atoms with van der Waals surface area (Å²) in [5.74, 6) is -11.1. The van der Waals surface area contributed by atoms with Crippen molar-refractivity contribution in [3.8, 4) is 34.5 Å². The third kappa shape index (κ3) is 14.9. The second-order valence-corrected chi connectivity index (χ2v) is 26.5. The number of nitrogens with zero attached hydrogens (tertiary/aromatic N) is 1. The average Bonchev–Trinajstić information content (AvgIpc) is 0.855. The van der Waals surface area contributed by atoms with Crippen molar-refractivity contribution < 1.29 is 142 Å². The van der Waals surface area contributed by atoms with Crippen LogP contribution in [0.15, 0.2) is 36.4 Å². The van der Waals surface area contributed by atoms with Gasteiger partial charge in [-0.05, 0) is 58.6 Å². The first kappa shape index (κ1) is 76.2. The second-order valence-electron chi connectivity index (χ2n) is 26.5. The Morgan fingerprint density at radius 2 is 0.922 bits per heavy atom. The number of ether oxygens (including phenoxy) is 6. The number of fused-ring (bicyclic) bond motifs is 6. The highest BCUT2D eigenvalue weighted by Crippen LogP contribution is 2.55. The zero-order chi connectivity index (χ0) is 75.0. The topological polar surface area (TPSA) is 499 Å². The van der Waals surface area contributed by atoms with Gasteiger partial charge in [0.1, 0.15) is 76.9 Å². The molecule has 3 fully saturated rings. The molecule has 7 aliphatic rings. The molecule has 4 aromatic carbocycles. The Hall–Kier alpha value is -9.48. The summed E-state index contributed by atoms with van der Waals surface area (Å²) in [6.45, 7) is 2.34. The molecule has 0 spiro atoms. The third-order valence-electron chi connectivity index (χ3n) is 19.6. The number of Topliss-reactive ketones (excluding diaryl/α,β-unsaturated/α-hetero) is 3. The number of unbranched alkanes of at least 4 members (excludes halogenated alkanes) is 2. The smallest absolute Gasteiger partial charge is 0.333 e. The first-order valence-electron chi connectivity index (χ1n) is 33.4. The molecular formula is C71H79N3O29. The molecule has 4 aliphatic carbocycles. The number of benzene rings is 4. The maximum atomic E-state index is 13.9. The van der Waals surface area contributed by atoms with Gasteiger partial charge >= 0.3 is 5.97 Å². The summed E-state index contributed by atoms with van der Waals surface area (Å²) in [7, 11) is 2.60. The molecular weight excluding hydrogens is 1360 g/mol. The number of phenolic OH excluding ortho intramolecular Hbond substituents is 4. The van der Waals surface area contributed by atoms with Crippen LogP contribution in [0.1, 0.15) is 209 Å². The number of aliphatic hydroxyl groups excluding tert-OH is 4. The van der Waals surface area contributed by atoms with E-state index < -0.39 is 215 Å². The van der Waals surface area contributed by atoms with Gasteiger partial charge in [-0.15, -0.1) is 5.06 Å². The van der Waals surface area contributed by atoms with Crippen LogP contribution in [0.2, 0.25) is 0 Å². The van der Waals surface area contributed by atoms with Gasteiger partial charge in [-0.25, -0.2) is 4.79 Å². The van der Waals surface area contributed by atoms with E-state index >= 15 is 0 Å². The van der Waals surface area contributed by atoms with Crippen molar-refractivity contribution in [1.82, 2.24) is 15.7 Å². The molecule has 11 rings (SSSR count). The number of aromatic hydroxyl groups is 4. The van der Waals surface area contributed by atoms with Crippen LogP contribution in [0.4, 0.5) is 0 Å². The van der Waals surface area contributed by atoms with E-state index in [0.717, 1.165) is 0 Å². The molecule has 0 aromatic heterocycles. The van der Waals surface area contributed by atoms with Gasteiger partial charge < -0.3 is 99.8 Å². The van der Waals surface area contributed by atoms with Gasteiger partial charge in [0.15, 0.2) is 35.7 Å². The van der Waals surface area contributed by atoms with E-state index in [-0.39, 0.29) is 125 Å². The van der Waals surface area contributed by atoms with Crippen molar-refractivity contribution in [2.75, 3.05) is 27.4 Å². The van der Waals surface area contributed by atoms with E-state index in [4.69, 9.17) is 33.3 Å². The molecule has 4 amide bonds. The predicted molar refractivity (Wildman–Crippen MR) is 346 cm³/mol. The highest BCUT2D eigenvalue weighted by molar-refractivity contribution is 6.32. The van der Waals surface area contributed by atoms with Crippen LogP contribution in [0.5, 0.6) is 34.5 Å². The van der Waals surface area contributed by atoms with Crippen molar-refractivity contribution in [2.24, 2.45) is 0 Å². The lowest BCUT2D eigenvalue weighted by atomic mass is 9.72. The molecule has 103 heavy (non-hydrogen) atoms. The highest BCUT2D eigenvalue weighted by atomic mass is 16.7. The first-order valence-corrected chi connectivity index (χ1v) is 33.4. The Bertz CT molecular complexity index is 4150. The maximum Gasteiger partial charge on any atom is 0.333 e. The van der Waals surface area contributed by atoms with Crippen LogP contribution in [0.25, 0.3) is 0 Å². The van der Waals surface area contributed by atoms with Gasteiger partial charge in [0, 0.05) is 110 Å². The number of hydrogen-bond acceptors (Lipinski definition) is 29. The van der Waals surface area contributed by atoms with E-state index in [1.807, 2.05) is 0 Å². The number of carbonyl (C=O) groups excluding carboxylic acids is 12. The molecule has 0 saturated carbocycles. The number of nitrogens with one attached hydrogen (secondary N) is 2. The molecule has 4 aromatic rings. The Morgan fingerprint density at radius 3 is 1.30 bits per heavy atom. The Balaban J connectivity index is 0.000000224. The minimum absolute atomic E-state index is 0.0151. The average molecular weight is 1440 g/mol. The van der Waals surface area contributed by atoms with Gasteiger partial charge in [0.05, 0.1) is 84.1 Å². The summed E-state index contributed by atoms with van der Waals surface area (Å²) >= 11 is 0. The van der Waals surface area contributed by atoms with Gasteiger partial charge in [-0.3, -0.25) is 47.9 Å². The fourth-order valence-electron chi connectivity index (χ4n) is 14.3. The molecule has 12 atom stereocenters. The monoisotopic (exact) mass is 1440 g/mol. The van der Waals surface area contributed by atoms with Gasteiger partial charge in [0.25, 0.3) is 11.8 Å². The largest absolute Gasteiger partial charge is 0.507 e. The minimum atomic E-state index is -2.37. The van der Waals surface area contributed by atoms with E-state index in [1.54, 1.807) is 6.92 Å². The standard InChI is InChI=1S/C37H40N2O16.C34H39NO13/c1-16-32(46)19(38-23(42)8-3-4-9-26(45)55-39-24(43)10-11-25(39)44)12-27(53-16)54-21-14-37(51,22(41)15-40)13-18-29(21)36(50)31-30(34(18)48)33(47)17-6-5-7-20(52-2)28(17)35(31)49;1-15(37)7-4-5-10-23(39)35-19-11-24(47-16(2)29(19)40)48-21-13-34(45,22(38)14-36)12-18-26(21)33(44)28-27(31(18)42)30(41)17-8-6-9-20(46-3)25(17)32(28)43/h5-7,16,19,21,27,32,40,46,48,50-51H,3-4,8-15H2,1-2H3,(H,38,42);6,8-9,16,19,21,24,29,36,40,42,44-45H,4-5,7,10-14H2,1-3H3,(H,35,39). The van der Waals surface area contributed by atoms with Crippen molar-refractivity contribution in [3.05, 3.63) is 103 Å². The molecule has 0 radical (unpaired) electrons. The quantitative estimate of drug-likeness (QED) is 0.0246. The lowest BCUT2D eigenvalue weighted by Gasteiger charge is -2.43. The molecule has 32 nitrogen and oxygen atoms in total. The zero-order valence-corrected chi connectivity index (χ0v) is 56.6. The summed E-state index contributed by atoms with van der Waals surface area (Å²) in [6.07, 6.45) is -10.8. The number of aliphatic hydroxyl groups is 6. The molecule has 3 aliphatic heterocycles. The summed E-state index contributed by atoms with van der Waals surface area (Å²) in [5.41, 5.74) is -8.18. The number of imide groups is 1. The number of carbonyl (C=O) groups is 12. The fourth-order valence-corrected chi connectivity index (χ4v) is 14.3. The van der Waals surface area contributed by atoms with Crippen LogP contribution in [0.3, 0.4) is 0 Å². The van der Waals surface area contributed by atoms with E-state index in [1.165, 1.54) is 64.5 Å². The van der Waals surface area contributed by atoms with Crippen molar-refractivity contribution in [2.45, 2.75) is 196 Å². The third-order valence-corrected chi connectivity index (χ3v) is 19.6. The van der Waals surface area contributed by atoms with Crippen LogP contribution in [0, 0.1) is 0 Å². The van der Waals surface area contributed by atoms with Crippen LogP contribution >= 0.6 is 0 Å². The number of hydrogen-bond donors (Lipinski definition) is 12. The van der Waals surface area contributed by atoms with Crippen LogP contribution in [-0.4, -0.2) is 214 Å². The van der Waals surface area contributed by atoms with Crippen molar-refractivity contribution in [1.29, 1.82) is 0 Å². The lowest BCUT2D eigenvalue weighted by molar-refractivity contribution is -0.249. The number of phenols is 4. The van der Waals surface area contributed by atoms with E-state index in [9.17, 15) is 109 Å². The van der Waals surface area contributed by atoms with Crippen LogP contribution < -0.4 is 20.1 Å². The number of methoxy groups -OCH3 is 2. The molecule has 0 bridgehead atoms. The lowest BCUT2D eigenvalue weighted by Crippen LogP contribution is -2.55. The second kappa shape index (κ2) is 30.8. The SMILES string of the molecule is COc1cccc2c1C(=O)c1c(O)c3c(c(O)c1C2=O)CC(O)(C(=O)CO)CC3OC1CC(NC(=O)CCCCC(=O)ON2C(=O)CCC2=O)C(O)C(C)O1.COc1cccc2c1C(=O)c1c(O)c3c(c(O)c1C2=O)CC(O)(C(=O)CO)CC3OC1CC(NC(=O)CCCCC(C)=O)C(O)C(C)O1. The maximum absolute atomic E-state index is 13.9. The van der Waals surface area contributed by atoms with E-state index in [2.05, 4.69) is 10.6 Å². The first-order chi connectivity index (χ1) is 48.8. The molecule has 12 unspecified atom stereocenters. The number of hydroxylamine groups is 2. The van der Waals surface area contributed by atoms with Crippen molar-refractivity contribution >= 4 is 70.1 Å². The molecule has 3 saturated heterocycles. The fraction of sp³-hybridized carbons (Fsp3) is 0.493. The Kier molecular flexibility index (Phi) is 22.8. The summed E-state index contributed by atoms with van der Waals surface area (Å²) < 4.78 is 34.7. The highest BCUT2D eigenvalue weighted by Gasteiger charge is 2.53. The molecule has 552 valence electrons. The predicted octanol–water partition coefficient (Wildman–Crippen LogP) is 1.63. The van der Waals surface area contributed by atoms with Gasteiger partial charge in [-0.2, -0.15) is 0 Å². The van der Waals surface area contributed by atoms with Crippen molar-refractivity contribution in [3.63, 3.8) is 0 Å². The minimum Gasteiger partial charge on any atom is -0.507 e. The molecule has 32 heteroatoms. The van der Waals surface area contributed by atoms with Gasteiger partial charge in [-0.1, -0.05) is 24.3 Å². The molecule has 3 heterocycles. The summed E-state index contributed by atoms with van der Waals surface area (Å²) in [5, 5.41) is 116. The number of amides is 4. The summed E-state index contributed by atoms with van der Waals surface area (Å²) in [4.78, 5) is 158. The normalized spacial score (nSPS) is 26.1. The Labute approximate surface area is 586 Å². The number of rotatable bonds is 23. The van der Waals surface area contributed by atoms with Gasteiger partial charge in [0.2, 0.25) is 23.4 Å².